The van der Waals surface area contributed by atoms with Gasteiger partial charge < -0.3 is 5.32 Å². The zero-order chi connectivity index (χ0) is 15.6. The van der Waals surface area contributed by atoms with Gasteiger partial charge in [0.25, 0.3) is 0 Å². The van der Waals surface area contributed by atoms with E-state index in [9.17, 15) is 8.42 Å². The normalized spacial score (nSPS) is 26.6. The summed E-state index contributed by atoms with van der Waals surface area (Å²) in [7, 11) is -1.91. The second kappa shape index (κ2) is 6.62. The van der Waals surface area contributed by atoms with Crippen molar-refractivity contribution in [3.05, 3.63) is 16.7 Å². The molecule has 5 nitrogen and oxygen atoms in total. The molecule has 21 heavy (non-hydrogen) atoms. The number of sulfonamides is 1. The lowest BCUT2D eigenvalue weighted by molar-refractivity contribution is 0.249. The molecule has 1 fully saturated rings. The fraction of sp³-hybridized carbons (Fsp3) is 0.643. The van der Waals surface area contributed by atoms with Crippen molar-refractivity contribution in [1.82, 2.24) is 9.71 Å². The molecule has 7 heteroatoms. The maximum absolute atomic E-state index is 12.6. The van der Waals surface area contributed by atoms with Gasteiger partial charge in [0.05, 0.1) is 0 Å². The van der Waals surface area contributed by atoms with Crippen LogP contribution in [0, 0.1) is 11.8 Å². The molecule has 0 aromatic carbocycles. The fourth-order valence-corrected chi connectivity index (χ4v) is 4.97. The van der Waals surface area contributed by atoms with Gasteiger partial charge in [-0.25, -0.2) is 18.1 Å². The van der Waals surface area contributed by atoms with Crippen LogP contribution in [0.1, 0.15) is 33.1 Å². The summed E-state index contributed by atoms with van der Waals surface area (Å²) >= 11 is 3.28. The molecular formula is C14H22BrN3O2S. The Labute approximate surface area is 135 Å². The quantitative estimate of drug-likeness (QED) is 0.848. The molecule has 3 unspecified atom stereocenters. The number of hydrogen-bond donors (Lipinski definition) is 2. The van der Waals surface area contributed by atoms with E-state index in [1.807, 2.05) is 0 Å². The summed E-state index contributed by atoms with van der Waals surface area (Å²) in [6.45, 7) is 4.33. The second-order valence-electron chi connectivity index (χ2n) is 5.87. The molecule has 1 aromatic rings. The first-order chi connectivity index (χ1) is 9.83. The lowest BCUT2D eigenvalue weighted by atomic mass is 9.80. The van der Waals surface area contributed by atoms with Crippen molar-refractivity contribution in [2.24, 2.45) is 11.8 Å². The summed E-state index contributed by atoms with van der Waals surface area (Å²) in [5.74, 6) is 1.38. The van der Waals surface area contributed by atoms with Crippen molar-refractivity contribution < 1.29 is 8.42 Å². The number of pyridine rings is 1. The SMILES string of the molecule is CNc1ncc(Br)cc1S(=O)(=O)NC1CCC(C)CC1C. The molecule has 3 atom stereocenters. The fourth-order valence-electron chi connectivity index (χ4n) is 2.92. The summed E-state index contributed by atoms with van der Waals surface area (Å²) in [4.78, 5) is 4.30. The third kappa shape index (κ3) is 3.96. The molecule has 0 saturated heterocycles. The average molecular weight is 376 g/mol. The Morgan fingerprint density at radius 2 is 2.05 bits per heavy atom. The minimum absolute atomic E-state index is 0.00473. The molecule has 0 radical (unpaired) electrons. The van der Waals surface area contributed by atoms with Crippen molar-refractivity contribution >= 4 is 31.8 Å². The molecule has 1 heterocycles. The molecule has 0 amide bonds. The maximum atomic E-state index is 12.6. The number of nitrogens with one attached hydrogen (secondary N) is 2. The highest BCUT2D eigenvalue weighted by Crippen LogP contribution is 2.30. The van der Waals surface area contributed by atoms with Crippen LogP contribution in [0.25, 0.3) is 0 Å². The van der Waals surface area contributed by atoms with Crippen molar-refractivity contribution in [2.45, 2.75) is 44.0 Å². The van der Waals surface area contributed by atoms with E-state index in [2.05, 4.69) is 44.8 Å². The van der Waals surface area contributed by atoms with Gasteiger partial charge in [0, 0.05) is 23.8 Å². The van der Waals surface area contributed by atoms with Crippen molar-refractivity contribution in [2.75, 3.05) is 12.4 Å². The lowest BCUT2D eigenvalue weighted by Gasteiger charge is -2.33. The highest BCUT2D eigenvalue weighted by molar-refractivity contribution is 9.10. The highest BCUT2D eigenvalue weighted by Gasteiger charge is 2.30. The Hall–Kier alpha value is -0.660. The molecular weight excluding hydrogens is 354 g/mol. The van der Waals surface area contributed by atoms with Gasteiger partial charge in [-0.05, 0) is 53.1 Å². The Morgan fingerprint density at radius 3 is 2.67 bits per heavy atom. The van der Waals surface area contributed by atoms with E-state index in [0.717, 1.165) is 19.3 Å². The summed E-state index contributed by atoms with van der Waals surface area (Å²) in [6.07, 6.45) is 4.59. The number of nitrogens with zero attached hydrogens (tertiary/aromatic N) is 1. The van der Waals surface area contributed by atoms with Crippen LogP contribution in [0.2, 0.25) is 0 Å². The van der Waals surface area contributed by atoms with Gasteiger partial charge >= 0.3 is 0 Å². The predicted molar refractivity (Wildman–Crippen MR) is 87.8 cm³/mol. The molecule has 1 aliphatic carbocycles. The van der Waals surface area contributed by atoms with Crippen LogP contribution in [0.5, 0.6) is 0 Å². The first kappa shape index (κ1) is 16.7. The molecule has 0 bridgehead atoms. The van der Waals surface area contributed by atoms with Crippen LogP contribution in [-0.2, 0) is 10.0 Å². The predicted octanol–water partition coefficient (Wildman–Crippen LogP) is 2.99. The molecule has 1 aromatic heterocycles. The Bertz CT molecular complexity index is 606. The zero-order valence-electron chi connectivity index (χ0n) is 12.6. The van der Waals surface area contributed by atoms with Gasteiger partial charge in [0.1, 0.15) is 10.7 Å². The van der Waals surface area contributed by atoms with Crippen LogP contribution >= 0.6 is 15.9 Å². The van der Waals surface area contributed by atoms with E-state index in [0.29, 0.717) is 22.1 Å². The number of aromatic nitrogens is 1. The number of hydrogen-bond acceptors (Lipinski definition) is 4. The van der Waals surface area contributed by atoms with E-state index in [1.165, 1.54) is 0 Å². The Balaban J connectivity index is 2.24. The van der Waals surface area contributed by atoms with Crippen molar-refractivity contribution in [3.8, 4) is 0 Å². The van der Waals surface area contributed by atoms with E-state index in [4.69, 9.17) is 0 Å². The summed E-state index contributed by atoms with van der Waals surface area (Å²) in [5, 5.41) is 2.83. The molecule has 0 spiro atoms. The van der Waals surface area contributed by atoms with E-state index in [1.54, 1.807) is 19.3 Å². The third-order valence-electron chi connectivity index (χ3n) is 4.08. The molecule has 118 valence electrons. The monoisotopic (exact) mass is 375 g/mol. The van der Waals surface area contributed by atoms with Crippen LogP contribution in [0.4, 0.5) is 5.82 Å². The van der Waals surface area contributed by atoms with Gasteiger partial charge in [-0.1, -0.05) is 13.8 Å². The largest absolute Gasteiger partial charge is 0.372 e. The topological polar surface area (TPSA) is 71.1 Å². The maximum Gasteiger partial charge on any atom is 0.244 e. The van der Waals surface area contributed by atoms with Gasteiger partial charge in [-0.2, -0.15) is 0 Å². The van der Waals surface area contributed by atoms with Crippen LogP contribution in [0.3, 0.4) is 0 Å². The molecule has 2 N–H and O–H groups in total. The van der Waals surface area contributed by atoms with Gasteiger partial charge in [-0.15, -0.1) is 0 Å². The molecule has 0 aliphatic heterocycles. The second-order valence-corrected chi connectivity index (χ2v) is 8.47. The Morgan fingerprint density at radius 1 is 1.33 bits per heavy atom. The van der Waals surface area contributed by atoms with E-state index in [-0.39, 0.29) is 10.9 Å². The third-order valence-corrected chi connectivity index (χ3v) is 6.02. The average Bonchev–Trinajstić information content (AvgIpc) is 2.42. The number of halogens is 1. The van der Waals surface area contributed by atoms with Gasteiger partial charge in [0.2, 0.25) is 10.0 Å². The minimum Gasteiger partial charge on any atom is -0.372 e. The Kier molecular flexibility index (Phi) is 5.27. The van der Waals surface area contributed by atoms with Crippen LogP contribution in [0.15, 0.2) is 21.6 Å². The van der Waals surface area contributed by atoms with Gasteiger partial charge in [0.15, 0.2) is 0 Å². The number of anilines is 1. The molecule has 1 aliphatic rings. The lowest BCUT2D eigenvalue weighted by Crippen LogP contribution is -2.42. The van der Waals surface area contributed by atoms with Crippen molar-refractivity contribution in [1.29, 1.82) is 0 Å². The minimum atomic E-state index is -3.58. The zero-order valence-corrected chi connectivity index (χ0v) is 15.0. The van der Waals surface area contributed by atoms with Gasteiger partial charge in [-0.3, -0.25) is 0 Å². The van der Waals surface area contributed by atoms with E-state index < -0.39 is 10.0 Å². The standard InChI is InChI=1S/C14H22BrN3O2S/c1-9-4-5-12(10(2)6-9)18-21(19,20)13-7-11(15)8-17-14(13)16-3/h7-10,12,18H,4-6H2,1-3H3,(H,16,17). The molecule has 2 rings (SSSR count). The number of rotatable bonds is 4. The molecule has 1 saturated carbocycles. The highest BCUT2D eigenvalue weighted by atomic mass is 79.9. The van der Waals surface area contributed by atoms with E-state index >= 15 is 0 Å². The van der Waals surface area contributed by atoms with Crippen LogP contribution < -0.4 is 10.0 Å². The van der Waals surface area contributed by atoms with Crippen LogP contribution in [-0.4, -0.2) is 26.5 Å². The van der Waals surface area contributed by atoms with Crippen molar-refractivity contribution in [3.63, 3.8) is 0 Å². The first-order valence-electron chi connectivity index (χ1n) is 7.19. The summed E-state index contributed by atoms with van der Waals surface area (Å²) in [5.41, 5.74) is 0. The summed E-state index contributed by atoms with van der Waals surface area (Å²) in [6, 6.07) is 1.58. The first-order valence-corrected chi connectivity index (χ1v) is 9.46. The summed E-state index contributed by atoms with van der Waals surface area (Å²) < 4.78 is 28.8. The smallest absolute Gasteiger partial charge is 0.244 e.